The molecule has 0 radical (unpaired) electrons. The molecule has 1 unspecified atom stereocenters. The van der Waals surface area contributed by atoms with Gasteiger partial charge in [-0.25, -0.2) is 0 Å². The molecule has 0 spiro atoms. The number of methoxy groups -OCH3 is 1. The Morgan fingerprint density at radius 3 is 2.65 bits per heavy atom. The third-order valence-corrected chi connectivity index (χ3v) is 4.03. The molecule has 0 aliphatic rings. The van der Waals surface area contributed by atoms with Crippen molar-refractivity contribution in [2.75, 3.05) is 33.9 Å². The Morgan fingerprint density at radius 2 is 2.18 bits per heavy atom. The Hall–Kier alpha value is -0.420. The van der Waals surface area contributed by atoms with E-state index in [1.165, 1.54) is 15.3 Å². The molecule has 1 atom stereocenters. The van der Waals surface area contributed by atoms with Gasteiger partial charge >= 0.3 is 0 Å². The van der Waals surface area contributed by atoms with Crippen LogP contribution in [0.3, 0.4) is 0 Å². The third-order valence-electron chi connectivity index (χ3n) is 3.05. The Morgan fingerprint density at radius 1 is 1.47 bits per heavy atom. The van der Waals surface area contributed by atoms with Gasteiger partial charge in [-0.1, -0.05) is 0 Å². The SMILES string of the molecule is COCCCN(C)C(CN)c1cc(C)sc1C. The lowest BCUT2D eigenvalue weighted by Crippen LogP contribution is -2.31. The minimum atomic E-state index is 0.330. The van der Waals surface area contributed by atoms with Gasteiger partial charge in [-0.05, 0) is 38.9 Å². The number of thiophene rings is 1. The van der Waals surface area contributed by atoms with Gasteiger partial charge in [-0.2, -0.15) is 0 Å². The van der Waals surface area contributed by atoms with Gasteiger partial charge in [0.1, 0.15) is 0 Å². The first kappa shape index (κ1) is 14.6. The maximum Gasteiger partial charge on any atom is 0.0478 e. The van der Waals surface area contributed by atoms with Crippen molar-refractivity contribution in [3.8, 4) is 0 Å². The van der Waals surface area contributed by atoms with Gasteiger partial charge in [-0.3, -0.25) is 4.90 Å². The summed E-state index contributed by atoms with van der Waals surface area (Å²) >= 11 is 1.85. The summed E-state index contributed by atoms with van der Waals surface area (Å²) in [5.74, 6) is 0. The minimum absolute atomic E-state index is 0.330. The molecule has 0 bridgehead atoms. The average Bonchev–Trinajstić information content (AvgIpc) is 2.60. The fourth-order valence-corrected chi connectivity index (χ4v) is 3.12. The summed E-state index contributed by atoms with van der Waals surface area (Å²) in [7, 11) is 3.88. The molecule has 3 nitrogen and oxygen atoms in total. The summed E-state index contributed by atoms with van der Waals surface area (Å²) in [5, 5.41) is 0. The molecule has 0 fully saturated rings. The maximum absolute atomic E-state index is 5.92. The zero-order chi connectivity index (χ0) is 12.8. The highest BCUT2D eigenvalue weighted by Crippen LogP contribution is 2.28. The molecular weight excluding hydrogens is 232 g/mol. The highest BCUT2D eigenvalue weighted by molar-refractivity contribution is 7.12. The molecule has 1 aromatic rings. The summed E-state index contributed by atoms with van der Waals surface area (Å²) in [4.78, 5) is 5.07. The molecule has 17 heavy (non-hydrogen) atoms. The van der Waals surface area contributed by atoms with Gasteiger partial charge in [0.15, 0.2) is 0 Å². The Kier molecular flexibility index (Phi) is 6.12. The lowest BCUT2D eigenvalue weighted by molar-refractivity contribution is 0.166. The van der Waals surface area contributed by atoms with Crippen LogP contribution in [0.2, 0.25) is 0 Å². The van der Waals surface area contributed by atoms with Crippen molar-refractivity contribution >= 4 is 11.3 Å². The summed E-state index contributed by atoms with van der Waals surface area (Å²) in [6, 6.07) is 2.60. The quantitative estimate of drug-likeness (QED) is 0.761. The van der Waals surface area contributed by atoms with Crippen LogP contribution in [0.25, 0.3) is 0 Å². The first-order valence-electron chi connectivity index (χ1n) is 6.06. The zero-order valence-corrected chi connectivity index (χ0v) is 12.1. The van der Waals surface area contributed by atoms with Crippen LogP contribution in [0.15, 0.2) is 6.07 Å². The molecule has 0 amide bonds. The second kappa shape index (κ2) is 7.11. The van der Waals surface area contributed by atoms with Gasteiger partial charge in [0.25, 0.3) is 0 Å². The molecule has 0 aromatic carbocycles. The van der Waals surface area contributed by atoms with Crippen LogP contribution < -0.4 is 5.73 Å². The van der Waals surface area contributed by atoms with E-state index >= 15 is 0 Å². The predicted octanol–water partition coefficient (Wildman–Crippen LogP) is 2.33. The lowest BCUT2D eigenvalue weighted by atomic mass is 10.1. The normalized spacial score (nSPS) is 13.3. The first-order chi connectivity index (χ1) is 8.10. The molecule has 1 aromatic heterocycles. The number of ether oxygens (including phenoxy) is 1. The molecule has 0 saturated heterocycles. The zero-order valence-electron chi connectivity index (χ0n) is 11.3. The van der Waals surface area contributed by atoms with Crippen molar-refractivity contribution in [1.82, 2.24) is 4.90 Å². The molecule has 2 N–H and O–H groups in total. The molecule has 1 rings (SSSR count). The fraction of sp³-hybridized carbons (Fsp3) is 0.692. The van der Waals surface area contributed by atoms with E-state index in [1.807, 2.05) is 11.3 Å². The van der Waals surface area contributed by atoms with Gasteiger partial charge in [-0.15, -0.1) is 11.3 Å². The van der Waals surface area contributed by atoms with Crippen molar-refractivity contribution in [2.24, 2.45) is 5.73 Å². The number of nitrogens with two attached hydrogens (primary N) is 1. The first-order valence-corrected chi connectivity index (χ1v) is 6.88. The Bertz CT molecular complexity index is 338. The lowest BCUT2D eigenvalue weighted by Gasteiger charge is -2.27. The number of likely N-dealkylation sites (N-methyl/N-ethyl adjacent to an activating group) is 1. The molecule has 0 aliphatic carbocycles. The van der Waals surface area contributed by atoms with E-state index in [0.717, 1.165) is 19.6 Å². The van der Waals surface area contributed by atoms with Crippen molar-refractivity contribution in [3.05, 3.63) is 21.4 Å². The monoisotopic (exact) mass is 256 g/mol. The molecule has 98 valence electrons. The molecular formula is C13H24N2OS. The average molecular weight is 256 g/mol. The molecule has 0 aliphatic heterocycles. The summed E-state index contributed by atoms with van der Waals surface area (Å²) in [6.45, 7) is 6.83. The third kappa shape index (κ3) is 4.07. The van der Waals surface area contributed by atoms with Crippen LogP contribution in [0, 0.1) is 13.8 Å². The Balaban J connectivity index is 2.67. The van der Waals surface area contributed by atoms with Gasteiger partial charge in [0.05, 0.1) is 0 Å². The number of aryl methyl sites for hydroxylation is 2. The van der Waals surface area contributed by atoms with Gasteiger partial charge in [0, 0.05) is 42.6 Å². The topological polar surface area (TPSA) is 38.5 Å². The van der Waals surface area contributed by atoms with Crippen molar-refractivity contribution in [1.29, 1.82) is 0 Å². The Labute approximate surface area is 109 Å². The van der Waals surface area contributed by atoms with Crippen molar-refractivity contribution in [3.63, 3.8) is 0 Å². The van der Waals surface area contributed by atoms with E-state index in [4.69, 9.17) is 10.5 Å². The van der Waals surface area contributed by atoms with E-state index in [0.29, 0.717) is 12.6 Å². The highest BCUT2D eigenvalue weighted by Gasteiger charge is 2.18. The standard InChI is InChI=1S/C13H24N2OS/c1-10-8-12(11(2)17-10)13(9-14)15(3)6-5-7-16-4/h8,13H,5-7,9,14H2,1-4H3. The number of rotatable bonds is 7. The summed E-state index contributed by atoms with van der Waals surface area (Å²) < 4.78 is 5.08. The van der Waals surface area contributed by atoms with Crippen molar-refractivity contribution in [2.45, 2.75) is 26.3 Å². The van der Waals surface area contributed by atoms with Gasteiger partial charge in [0.2, 0.25) is 0 Å². The molecule has 1 heterocycles. The second-order valence-corrected chi connectivity index (χ2v) is 5.91. The van der Waals surface area contributed by atoms with Gasteiger partial charge < -0.3 is 10.5 Å². The number of hydrogen-bond donors (Lipinski definition) is 1. The highest BCUT2D eigenvalue weighted by atomic mass is 32.1. The second-order valence-electron chi connectivity index (χ2n) is 4.45. The fourth-order valence-electron chi connectivity index (χ4n) is 2.14. The van der Waals surface area contributed by atoms with Crippen LogP contribution in [-0.4, -0.2) is 38.8 Å². The number of hydrogen-bond acceptors (Lipinski definition) is 4. The molecule has 4 heteroatoms. The maximum atomic E-state index is 5.92. The smallest absolute Gasteiger partial charge is 0.0478 e. The van der Waals surface area contributed by atoms with E-state index < -0.39 is 0 Å². The predicted molar refractivity (Wildman–Crippen MR) is 74.7 cm³/mol. The summed E-state index contributed by atoms with van der Waals surface area (Å²) in [6.07, 6.45) is 1.05. The van der Waals surface area contributed by atoms with Crippen LogP contribution in [0.4, 0.5) is 0 Å². The largest absolute Gasteiger partial charge is 0.385 e. The van der Waals surface area contributed by atoms with E-state index in [9.17, 15) is 0 Å². The van der Waals surface area contributed by atoms with Crippen LogP contribution >= 0.6 is 11.3 Å². The molecule has 0 saturated carbocycles. The van der Waals surface area contributed by atoms with Crippen LogP contribution in [-0.2, 0) is 4.74 Å². The minimum Gasteiger partial charge on any atom is -0.385 e. The van der Waals surface area contributed by atoms with E-state index in [2.05, 4.69) is 31.9 Å². The summed E-state index contributed by atoms with van der Waals surface area (Å²) in [5.41, 5.74) is 7.30. The number of nitrogens with zero attached hydrogens (tertiary/aromatic N) is 1. The van der Waals surface area contributed by atoms with Crippen LogP contribution in [0.5, 0.6) is 0 Å². The van der Waals surface area contributed by atoms with E-state index in [-0.39, 0.29) is 0 Å². The van der Waals surface area contributed by atoms with Crippen LogP contribution in [0.1, 0.15) is 27.8 Å². The van der Waals surface area contributed by atoms with Crippen molar-refractivity contribution < 1.29 is 4.74 Å². The van der Waals surface area contributed by atoms with E-state index in [1.54, 1.807) is 7.11 Å².